The number of hydrogen-bond donors (Lipinski definition) is 2. The Labute approximate surface area is 285 Å². The molecule has 2 amide bonds. The number of piperidine rings is 2. The summed E-state index contributed by atoms with van der Waals surface area (Å²) in [6.45, 7) is 14.4. The van der Waals surface area contributed by atoms with Crippen LogP contribution in [0.25, 0.3) is 11.1 Å². The van der Waals surface area contributed by atoms with Crippen LogP contribution in [0.3, 0.4) is 0 Å². The van der Waals surface area contributed by atoms with Crippen molar-refractivity contribution >= 4 is 23.2 Å². The van der Waals surface area contributed by atoms with Gasteiger partial charge in [-0.2, -0.15) is 0 Å². The zero-order valence-corrected chi connectivity index (χ0v) is 28.9. The topological polar surface area (TPSA) is 90.5 Å². The van der Waals surface area contributed by atoms with Crippen LogP contribution in [0.4, 0.5) is 11.4 Å². The average Bonchev–Trinajstić information content (AvgIpc) is 3.09. The maximum atomic E-state index is 13.3. The molecule has 250 valence electrons. The zero-order chi connectivity index (χ0) is 33.6. The Morgan fingerprint density at radius 1 is 0.604 bits per heavy atom. The van der Waals surface area contributed by atoms with Gasteiger partial charge in [0.2, 0.25) is 0 Å². The van der Waals surface area contributed by atoms with Gasteiger partial charge in [0.1, 0.15) is 11.4 Å². The van der Waals surface area contributed by atoms with Crippen molar-refractivity contribution in [1.82, 2.24) is 19.8 Å². The number of aryl methyl sites for hydroxylation is 2. The normalized spacial score (nSPS) is 15.7. The third-order valence-electron chi connectivity index (χ3n) is 10.0. The zero-order valence-electron chi connectivity index (χ0n) is 28.9. The van der Waals surface area contributed by atoms with Crippen LogP contribution in [0.15, 0.2) is 60.9 Å². The molecule has 2 aliphatic heterocycles. The molecule has 0 radical (unpaired) electrons. The number of hydrogen-bond acceptors (Lipinski definition) is 6. The molecule has 2 aliphatic rings. The Morgan fingerprint density at radius 2 is 1.00 bits per heavy atom. The molecule has 2 aromatic heterocycles. The van der Waals surface area contributed by atoms with Crippen molar-refractivity contribution in [3.63, 3.8) is 0 Å². The van der Waals surface area contributed by atoms with Gasteiger partial charge >= 0.3 is 0 Å². The molecule has 0 saturated carbocycles. The minimum Gasteiger partial charge on any atom is -0.320 e. The first-order chi connectivity index (χ1) is 23.3. The molecule has 0 unspecified atom stereocenters. The summed E-state index contributed by atoms with van der Waals surface area (Å²) < 4.78 is 0. The van der Waals surface area contributed by atoms with Crippen molar-refractivity contribution in [2.45, 2.75) is 79.3 Å². The molecule has 0 atom stereocenters. The number of rotatable bonds is 9. The van der Waals surface area contributed by atoms with E-state index in [4.69, 9.17) is 0 Å². The van der Waals surface area contributed by atoms with Crippen molar-refractivity contribution in [2.24, 2.45) is 0 Å². The number of carbonyl (C=O) groups excluding carboxylic acids is 2. The summed E-state index contributed by atoms with van der Waals surface area (Å²) in [5, 5.41) is 6.19. The van der Waals surface area contributed by atoms with Crippen molar-refractivity contribution in [3.05, 3.63) is 106 Å². The molecule has 6 rings (SSSR count). The van der Waals surface area contributed by atoms with Crippen molar-refractivity contribution in [2.75, 3.05) is 36.8 Å². The van der Waals surface area contributed by atoms with Crippen LogP contribution in [0, 0.1) is 27.7 Å². The van der Waals surface area contributed by atoms with Gasteiger partial charge < -0.3 is 10.6 Å². The second-order valence-electron chi connectivity index (χ2n) is 13.5. The Bertz CT molecular complexity index is 1660. The number of nitrogens with zero attached hydrogens (tertiary/aromatic N) is 4. The fraction of sp³-hybridized carbons (Fsp3) is 0.400. The number of amides is 2. The van der Waals surface area contributed by atoms with Crippen molar-refractivity contribution in [1.29, 1.82) is 0 Å². The van der Waals surface area contributed by atoms with Crippen molar-refractivity contribution in [3.8, 4) is 11.1 Å². The fourth-order valence-electron chi connectivity index (χ4n) is 6.96. The van der Waals surface area contributed by atoms with E-state index in [1.54, 1.807) is 0 Å². The minimum atomic E-state index is -0.231. The van der Waals surface area contributed by atoms with E-state index in [0.29, 0.717) is 11.4 Å². The fourth-order valence-corrected chi connectivity index (χ4v) is 6.96. The van der Waals surface area contributed by atoms with Crippen LogP contribution in [0.2, 0.25) is 0 Å². The monoisotopic (exact) mass is 644 g/mol. The van der Waals surface area contributed by atoms with Gasteiger partial charge in [0.15, 0.2) is 0 Å². The first-order valence-corrected chi connectivity index (χ1v) is 17.4. The van der Waals surface area contributed by atoms with Gasteiger partial charge in [-0.15, -0.1) is 0 Å². The Kier molecular flexibility index (Phi) is 10.6. The highest BCUT2D eigenvalue weighted by atomic mass is 16.2. The Balaban J connectivity index is 1.14. The maximum absolute atomic E-state index is 13.3. The first-order valence-electron chi connectivity index (χ1n) is 17.4. The third-order valence-corrected chi connectivity index (χ3v) is 10.0. The summed E-state index contributed by atoms with van der Waals surface area (Å²) in [5.41, 5.74) is 10.6. The molecule has 48 heavy (non-hydrogen) atoms. The minimum absolute atomic E-state index is 0.231. The number of nitrogens with one attached hydrogen (secondary N) is 2. The predicted molar refractivity (Wildman–Crippen MR) is 193 cm³/mol. The van der Waals surface area contributed by atoms with Gasteiger partial charge in [0.05, 0.1) is 0 Å². The molecule has 8 nitrogen and oxygen atoms in total. The number of pyridine rings is 2. The van der Waals surface area contributed by atoms with E-state index in [-0.39, 0.29) is 11.8 Å². The number of aromatic nitrogens is 2. The first kappa shape index (κ1) is 33.5. The largest absolute Gasteiger partial charge is 0.320 e. The van der Waals surface area contributed by atoms with Crippen LogP contribution in [-0.2, 0) is 13.1 Å². The lowest BCUT2D eigenvalue weighted by atomic mass is 9.94. The lowest BCUT2D eigenvalue weighted by Gasteiger charge is -2.26. The number of benzene rings is 2. The molecule has 4 heterocycles. The molecular formula is C40H48N6O2. The summed E-state index contributed by atoms with van der Waals surface area (Å²) in [6, 6.07) is 15.6. The summed E-state index contributed by atoms with van der Waals surface area (Å²) in [6.07, 6.45) is 11.3. The molecule has 0 bridgehead atoms. The summed E-state index contributed by atoms with van der Waals surface area (Å²) in [5.74, 6) is -0.462. The van der Waals surface area contributed by atoms with Gasteiger partial charge in [-0.1, -0.05) is 37.1 Å². The highest BCUT2D eigenvalue weighted by Crippen LogP contribution is 2.34. The average molecular weight is 645 g/mol. The standard InChI is InChI=1S/C40H48N6O2/c1-27-21-37(41-23-31(27)25-45-17-7-5-8-18-45)39(47)43-35-15-11-13-33(29(35)3)34-14-12-16-36(30(34)4)44-40(48)38-22-28(2)32(24-42-38)26-46-19-9-6-10-20-46/h11-16,21-24H,5-10,17-20,25-26H2,1-4H3,(H,43,47)(H,44,48). The second-order valence-corrected chi connectivity index (χ2v) is 13.5. The lowest BCUT2D eigenvalue weighted by molar-refractivity contribution is 0.101. The van der Waals surface area contributed by atoms with E-state index in [1.807, 2.05) is 74.8 Å². The number of anilines is 2. The molecule has 0 aliphatic carbocycles. The van der Waals surface area contributed by atoms with E-state index in [9.17, 15) is 9.59 Å². The molecule has 8 heteroatoms. The van der Waals surface area contributed by atoms with Gasteiger partial charge in [0.25, 0.3) is 11.8 Å². The predicted octanol–water partition coefficient (Wildman–Crippen LogP) is 7.85. The molecule has 0 spiro atoms. The molecular weight excluding hydrogens is 596 g/mol. The quantitative estimate of drug-likeness (QED) is 0.193. The highest BCUT2D eigenvalue weighted by molar-refractivity contribution is 6.05. The molecule has 2 fully saturated rings. The molecule has 4 aromatic rings. The molecule has 2 aromatic carbocycles. The van der Waals surface area contributed by atoms with Gasteiger partial charge in [-0.3, -0.25) is 29.4 Å². The number of carbonyl (C=O) groups is 2. The lowest BCUT2D eigenvalue weighted by Crippen LogP contribution is -2.29. The van der Waals surface area contributed by atoms with Crippen LogP contribution < -0.4 is 10.6 Å². The van der Waals surface area contributed by atoms with Crippen LogP contribution in [-0.4, -0.2) is 57.8 Å². The third kappa shape index (κ3) is 7.83. The second kappa shape index (κ2) is 15.2. The van der Waals surface area contributed by atoms with E-state index in [2.05, 4.69) is 44.2 Å². The van der Waals surface area contributed by atoms with E-state index in [0.717, 1.165) is 84.0 Å². The van der Waals surface area contributed by atoms with E-state index >= 15 is 0 Å². The van der Waals surface area contributed by atoms with Crippen molar-refractivity contribution < 1.29 is 9.59 Å². The summed E-state index contributed by atoms with van der Waals surface area (Å²) >= 11 is 0. The number of likely N-dealkylation sites (tertiary alicyclic amines) is 2. The summed E-state index contributed by atoms with van der Waals surface area (Å²) in [4.78, 5) is 40.7. The Hall–Kier alpha value is -4.40. The Morgan fingerprint density at radius 3 is 1.38 bits per heavy atom. The highest BCUT2D eigenvalue weighted by Gasteiger charge is 2.19. The van der Waals surface area contributed by atoms with Gasteiger partial charge in [-0.25, -0.2) is 0 Å². The molecule has 2 saturated heterocycles. The van der Waals surface area contributed by atoms with E-state index in [1.165, 1.54) is 49.7 Å². The molecule has 2 N–H and O–H groups in total. The van der Waals surface area contributed by atoms with Gasteiger partial charge in [-0.05, 0) is 148 Å². The smallest absolute Gasteiger partial charge is 0.274 e. The van der Waals surface area contributed by atoms with Crippen LogP contribution in [0.5, 0.6) is 0 Å². The SMILES string of the molecule is Cc1cc(C(=O)Nc2cccc(-c3cccc(NC(=O)c4cc(C)c(CN5CCCCC5)cn4)c3C)c2C)ncc1CN1CCCCC1. The summed E-state index contributed by atoms with van der Waals surface area (Å²) in [7, 11) is 0. The van der Waals surface area contributed by atoms with Crippen LogP contribution in [0.1, 0.15) is 92.9 Å². The van der Waals surface area contributed by atoms with E-state index < -0.39 is 0 Å². The van der Waals surface area contributed by atoms with Crippen LogP contribution >= 0.6 is 0 Å². The maximum Gasteiger partial charge on any atom is 0.274 e. The van der Waals surface area contributed by atoms with Gasteiger partial charge in [0, 0.05) is 36.9 Å².